The van der Waals surface area contributed by atoms with Gasteiger partial charge in [-0.15, -0.1) is 5.73 Å². The van der Waals surface area contributed by atoms with Gasteiger partial charge in [-0.05, 0) is 43.1 Å². The van der Waals surface area contributed by atoms with Crippen LogP contribution in [0.2, 0.25) is 0 Å². The zero-order chi connectivity index (χ0) is 9.68. The average Bonchev–Trinajstić information content (AvgIpc) is 2.81. The van der Waals surface area contributed by atoms with E-state index >= 15 is 0 Å². The zero-order valence-corrected chi connectivity index (χ0v) is 9.05. The molecule has 0 heterocycles. The zero-order valence-electron chi connectivity index (χ0n) is 9.05. The Hall–Kier alpha value is -0.480. The van der Waals surface area contributed by atoms with E-state index < -0.39 is 0 Å². The molecule has 0 aromatic heterocycles. The van der Waals surface area contributed by atoms with Crippen molar-refractivity contribution in [1.82, 2.24) is 0 Å². The van der Waals surface area contributed by atoms with E-state index in [0.29, 0.717) is 0 Å². The van der Waals surface area contributed by atoms with Crippen LogP contribution in [-0.2, 0) is 0 Å². The lowest BCUT2D eigenvalue weighted by Crippen LogP contribution is -1.95. The van der Waals surface area contributed by atoms with E-state index in [1.165, 1.54) is 32.1 Å². The molecule has 1 saturated carbocycles. The van der Waals surface area contributed by atoms with Crippen molar-refractivity contribution < 1.29 is 0 Å². The third kappa shape index (κ3) is 3.83. The monoisotopic (exact) mass is 178 g/mol. The number of allylic oxidation sites excluding steroid dienone is 1. The Labute approximate surface area is 82.7 Å². The molecule has 0 bridgehead atoms. The van der Waals surface area contributed by atoms with Crippen LogP contribution in [0.3, 0.4) is 0 Å². The topological polar surface area (TPSA) is 0 Å². The highest BCUT2D eigenvalue weighted by molar-refractivity contribution is 4.88. The van der Waals surface area contributed by atoms with Crippen LogP contribution < -0.4 is 0 Å². The van der Waals surface area contributed by atoms with Crippen LogP contribution in [0.1, 0.15) is 46.0 Å². The van der Waals surface area contributed by atoms with Gasteiger partial charge in [-0.1, -0.05) is 33.3 Å². The van der Waals surface area contributed by atoms with Crippen LogP contribution in [0.4, 0.5) is 0 Å². The van der Waals surface area contributed by atoms with E-state index in [4.69, 9.17) is 0 Å². The van der Waals surface area contributed by atoms with Gasteiger partial charge in [0.15, 0.2) is 0 Å². The molecule has 1 aliphatic rings. The predicted octanol–water partition coefficient (Wildman–Crippen LogP) is 4.18. The molecule has 0 saturated heterocycles. The van der Waals surface area contributed by atoms with E-state index in [1.54, 1.807) is 0 Å². The van der Waals surface area contributed by atoms with Gasteiger partial charge in [-0.25, -0.2) is 0 Å². The maximum Gasteiger partial charge on any atom is -0.0249 e. The van der Waals surface area contributed by atoms with Crippen LogP contribution >= 0.6 is 0 Å². The Morgan fingerprint density at radius 2 is 2.31 bits per heavy atom. The highest BCUT2D eigenvalue weighted by atomic mass is 14.4. The molecule has 3 unspecified atom stereocenters. The van der Waals surface area contributed by atoms with Crippen LogP contribution in [-0.4, -0.2) is 0 Å². The highest BCUT2D eigenvalue weighted by Crippen LogP contribution is 2.46. The lowest BCUT2D eigenvalue weighted by molar-refractivity contribution is 0.472. The first kappa shape index (κ1) is 10.6. The van der Waals surface area contributed by atoms with Gasteiger partial charge in [0.05, 0.1) is 0 Å². The van der Waals surface area contributed by atoms with E-state index in [1.807, 2.05) is 0 Å². The average molecular weight is 178 g/mol. The molecule has 0 radical (unpaired) electrons. The third-order valence-electron chi connectivity index (χ3n) is 3.10. The van der Waals surface area contributed by atoms with Crippen molar-refractivity contribution in [1.29, 1.82) is 0 Å². The van der Waals surface area contributed by atoms with Crippen LogP contribution in [0, 0.1) is 17.8 Å². The fraction of sp³-hybridized carbons (Fsp3) is 0.769. The summed E-state index contributed by atoms with van der Waals surface area (Å²) in [5.74, 6) is 2.95. The molecule has 0 spiro atoms. The predicted molar refractivity (Wildman–Crippen MR) is 58.6 cm³/mol. The summed E-state index contributed by atoms with van der Waals surface area (Å²) < 4.78 is 0. The molecule has 1 rings (SSSR count). The third-order valence-corrected chi connectivity index (χ3v) is 3.10. The van der Waals surface area contributed by atoms with Gasteiger partial charge in [0.2, 0.25) is 0 Å². The molecule has 0 amide bonds. The molecule has 0 aromatic carbocycles. The van der Waals surface area contributed by atoms with Crippen LogP contribution in [0.15, 0.2) is 18.4 Å². The summed E-state index contributed by atoms with van der Waals surface area (Å²) >= 11 is 0. The molecule has 0 aromatic rings. The Bertz CT molecular complexity index is 186. The molecule has 0 heteroatoms. The summed E-state index contributed by atoms with van der Waals surface area (Å²) in [5, 5.41) is 0. The molecule has 3 atom stereocenters. The quantitative estimate of drug-likeness (QED) is 0.535. The number of rotatable bonds is 6. The fourth-order valence-electron chi connectivity index (χ4n) is 2.22. The Balaban J connectivity index is 2.09. The first-order valence-corrected chi connectivity index (χ1v) is 5.62. The standard InChI is InChI=1S/C13H22/c1-4-6-8-11(3)9-13-10-12(13)7-5-2/h6,11-13H,1,5,7-10H2,2-3H3. The lowest BCUT2D eigenvalue weighted by atomic mass is 9.99. The molecule has 74 valence electrons. The van der Waals surface area contributed by atoms with Crippen molar-refractivity contribution in [2.45, 2.75) is 46.0 Å². The van der Waals surface area contributed by atoms with Crippen molar-refractivity contribution in [2.24, 2.45) is 17.8 Å². The second-order valence-electron chi connectivity index (χ2n) is 4.53. The Morgan fingerprint density at radius 3 is 2.92 bits per heavy atom. The molecule has 0 N–H and O–H groups in total. The molecule has 1 aliphatic carbocycles. The lowest BCUT2D eigenvalue weighted by Gasteiger charge is -2.06. The van der Waals surface area contributed by atoms with Gasteiger partial charge in [0.1, 0.15) is 0 Å². The van der Waals surface area contributed by atoms with Crippen molar-refractivity contribution in [3.63, 3.8) is 0 Å². The summed E-state index contributed by atoms with van der Waals surface area (Å²) in [4.78, 5) is 0. The van der Waals surface area contributed by atoms with E-state index in [-0.39, 0.29) is 0 Å². The minimum Gasteiger partial charge on any atom is -0.133 e. The molecular weight excluding hydrogens is 156 g/mol. The number of hydrogen-bond donors (Lipinski definition) is 0. The fourth-order valence-corrected chi connectivity index (χ4v) is 2.22. The summed E-state index contributed by atoms with van der Waals surface area (Å²) in [6.45, 7) is 8.22. The molecule has 0 nitrogen and oxygen atoms in total. The minimum atomic E-state index is 0.834. The van der Waals surface area contributed by atoms with Gasteiger partial charge < -0.3 is 0 Å². The van der Waals surface area contributed by atoms with Crippen molar-refractivity contribution >= 4 is 0 Å². The van der Waals surface area contributed by atoms with Gasteiger partial charge in [-0.3, -0.25) is 0 Å². The Morgan fingerprint density at radius 1 is 1.54 bits per heavy atom. The van der Waals surface area contributed by atoms with Crippen molar-refractivity contribution in [3.05, 3.63) is 18.4 Å². The van der Waals surface area contributed by atoms with Gasteiger partial charge in [0, 0.05) is 0 Å². The van der Waals surface area contributed by atoms with Gasteiger partial charge in [0.25, 0.3) is 0 Å². The molecule has 1 fully saturated rings. The summed E-state index contributed by atoms with van der Waals surface area (Å²) in [6.07, 6.45) is 8.97. The molecule has 0 aliphatic heterocycles. The second kappa shape index (κ2) is 5.29. The minimum absolute atomic E-state index is 0.834. The van der Waals surface area contributed by atoms with Crippen molar-refractivity contribution in [2.75, 3.05) is 0 Å². The second-order valence-corrected chi connectivity index (χ2v) is 4.53. The van der Waals surface area contributed by atoms with Gasteiger partial charge in [-0.2, -0.15) is 0 Å². The Kier molecular flexibility index (Phi) is 4.32. The van der Waals surface area contributed by atoms with E-state index in [9.17, 15) is 0 Å². The van der Waals surface area contributed by atoms with Crippen molar-refractivity contribution in [3.8, 4) is 0 Å². The SMILES string of the molecule is C=C=CCC(C)CC1CC1CCC. The maximum atomic E-state index is 3.59. The van der Waals surface area contributed by atoms with Gasteiger partial charge >= 0.3 is 0 Å². The van der Waals surface area contributed by atoms with E-state index in [0.717, 1.165) is 17.8 Å². The van der Waals surface area contributed by atoms with Crippen LogP contribution in [0.5, 0.6) is 0 Å². The maximum absolute atomic E-state index is 3.59. The van der Waals surface area contributed by atoms with Crippen LogP contribution in [0.25, 0.3) is 0 Å². The smallest absolute Gasteiger partial charge is 0.0249 e. The number of hydrogen-bond acceptors (Lipinski definition) is 0. The molecule has 13 heavy (non-hydrogen) atoms. The summed E-state index contributed by atoms with van der Waals surface area (Å²) in [7, 11) is 0. The first-order chi connectivity index (χ1) is 6.27. The summed E-state index contributed by atoms with van der Waals surface area (Å²) in [5.41, 5.74) is 2.85. The first-order valence-electron chi connectivity index (χ1n) is 5.62. The highest BCUT2D eigenvalue weighted by Gasteiger charge is 2.36. The van der Waals surface area contributed by atoms with E-state index in [2.05, 4.69) is 32.2 Å². The summed E-state index contributed by atoms with van der Waals surface area (Å²) in [6, 6.07) is 0. The largest absolute Gasteiger partial charge is 0.133 e. The normalized spacial score (nSPS) is 27.8. The molecular formula is C13H22.